The number of anilines is 1. The molecule has 0 radical (unpaired) electrons. The van der Waals surface area contributed by atoms with Crippen molar-refractivity contribution in [2.75, 3.05) is 24.8 Å². The summed E-state index contributed by atoms with van der Waals surface area (Å²) in [5, 5.41) is 0. The van der Waals surface area contributed by atoms with E-state index in [0.29, 0.717) is 17.0 Å². The maximum absolute atomic E-state index is 12.7. The molecule has 114 valence electrons. The van der Waals surface area contributed by atoms with Gasteiger partial charge in [-0.25, -0.2) is 8.42 Å². The van der Waals surface area contributed by atoms with E-state index in [0.717, 1.165) is 17.7 Å². The summed E-state index contributed by atoms with van der Waals surface area (Å²) >= 11 is 1.72. The first-order valence-corrected chi connectivity index (χ1v) is 9.53. The van der Waals surface area contributed by atoms with Crippen molar-refractivity contribution < 1.29 is 8.42 Å². The van der Waals surface area contributed by atoms with Crippen LogP contribution in [0.4, 0.5) is 5.69 Å². The van der Waals surface area contributed by atoms with Gasteiger partial charge in [0.25, 0.3) is 0 Å². The number of nitrogen functional groups attached to an aromatic ring is 1. The minimum absolute atomic E-state index is 0.0291. The van der Waals surface area contributed by atoms with Crippen molar-refractivity contribution in [3.63, 3.8) is 0 Å². The lowest BCUT2D eigenvalue weighted by atomic mass is 10.1. The second kappa shape index (κ2) is 7.33. The molecule has 1 aromatic carbocycles. The molecule has 6 heteroatoms. The normalized spacial score (nSPS) is 13.7. The molecule has 1 atom stereocenters. The summed E-state index contributed by atoms with van der Waals surface area (Å²) in [7, 11) is -1.85. The summed E-state index contributed by atoms with van der Waals surface area (Å²) in [6.45, 7) is 3.88. The van der Waals surface area contributed by atoms with Crippen LogP contribution in [0.3, 0.4) is 0 Å². The SMILES string of the molecule is CCc1ccc(N)cc1S(=O)(=O)N(C)C(C)CCSC. The minimum atomic E-state index is -3.49. The molecule has 2 N–H and O–H groups in total. The Hall–Kier alpha value is -0.720. The number of hydrogen-bond donors (Lipinski definition) is 1. The summed E-state index contributed by atoms with van der Waals surface area (Å²) < 4.78 is 26.9. The predicted octanol–water partition coefficient (Wildman–Crippen LogP) is 2.59. The van der Waals surface area contributed by atoms with Gasteiger partial charge in [0.15, 0.2) is 0 Å². The fourth-order valence-electron chi connectivity index (χ4n) is 1.97. The van der Waals surface area contributed by atoms with Crippen LogP contribution in [-0.2, 0) is 16.4 Å². The molecule has 20 heavy (non-hydrogen) atoms. The highest BCUT2D eigenvalue weighted by Gasteiger charge is 2.27. The summed E-state index contributed by atoms with van der Waals surface area (Å²) in [6, 6.07) is 5.07. The lowest BCUT2D eigenvalue weighted by Crippen LogP contribution is -2.36. The minimum Gasteiger partial charge on any atom is -0.399 e. The van der Waals surface area contributed by atoms with Gasteiger partial charge in [-0.15, -0.1) is 0 Å². The van der Waals surface area contributed by atoms with Crippen molar-refractivity contribution >= 4 is 27.5 Å². The van der Waals surface area contributed by atoms with E-state index < -0.39 is 10.0 Å². The van der Waals surface area contributed by atoms with Gasteiger partial charge in [-0.05, 0) is 49.5 Å². The van der Waals surface area contributed by atoms with Gasteiger partial charge in [-0.2, -0.15) is 16.1 Å². The van der Waals surface area contributed by atoms with Gasteiger partial charge in [0.05, 0.1) is 4.90 Å². The molecule has 1 aromatic rings. The molecule has 0 saturated carbocycles. The number of thioether (sulfide) groups is 1. The zero-order valence-corrected chi connectivity index (χ0v) is 14.2. The highest BCUT2D eigenvalue weighted by Crippen LogP contribution is 2.24. The molecule has 0 aliphatic heterocycles. The summed E-state index contributed by atoms with van der Waals surface area (Å²) in [6.07, 6.45) is 3.52. The highest BCUT2D eigenvalue weighted by atomic mass is 32.2. The van der Waals surface area contributed by atoms with E-state index in [4.69, 9.17) is 5.73 Å². The van der Waals surface area contributed by atoms with Crippen LogP contribution < -0.4 is 5.73 Å². The van der Waals surface area contributed by atoms with Gasteiger partial charge >= 0.3 is 0 Å². The van der Waals surface area contributed by atoms with E-state index in [1.807, 2.05) is 20.1 Å². The van der Waals surface area contributed by atoms with Crippen molar-refractivity contribution in [1.82, 2.24) is 4.31 Å². The molecule has 0 fully saturated rings. The number of sulfonamides is 1. The molecule has 1 unspecified atom stereocenters. The maximum atomic E-state index is 12.7. The van der Waals surface area contributed by atoms with E-state index in [-0.39, 0.29) is 6.04 Å². The molecule has 0 aromatic heterocycles. The lowest BCUT2D eigenvalue weighted by molar-refractivity contribution is 0.382. The molecule has 0 bridgehead atoms. The molecular weight excluding hydrogens is 292 g/mol. The van der Waals surface area contributed by atoms with Gasteiger partial charge in [-0.3, -0.25) is 0 Å². The fraction of sp³-hybridized carbons (Fsp3) is 0.571. The van der Waals surface area contributed by atoms with Crippen molar-refractivity contribution in [2.45, 2.75) is 37.6 Å². The maximum Gasteiger partial charge on any atom is 0.243 e. The molecule has 0 saturated heterocycles. The molecule has 0 aliphatic carbocycles. The second-order valence-electron chi connectivity index (χ2n) is 4.87. The molecule has 1 rings (SSSR count). The smallest absolute Gasteiger partial charge is 0.243 e. The Labute approximate surface area is 126 Å². The Bertz CT molecular complexity index is 544. The number of rotatable bonds is 7. The topological polar surface area (TPSA) is 63.4 Å². The van der Waals surface area contributed by atoms with Crippen LogP contribution in [0.5, 0.6) is 0 Å². The van der Waals surface area contributed by atoms with Crippen LogP contribution in [0, 0.1) is 0 Å². The number of nitrogens with zero attached hydrogens (tertiary/aromatic N) is 1. The fourth-order valence-corrected chi connectivity index (χ4v) is 4.26. The molecule has 0 heterocycles. The van der Waals surface area contributed by atoms with E-state index in [1.54, 1.807) is 37.0 Å². The molecule has 0 aliphatic rings. The molecule has 4 nitrogen and oxygen atoms in total. The van der Waals surface area contributed by atoms with E-state index in [9.17, 15) is 8.42 Å². The third kappa shape index (κ3) is 3.90. The monoisotopic (exact) mass is 316 g/mol. The van der Waals surface area contributed by atoms with Gasteiger partial charge < -0.3 is 5.73 Å². The van der Waals surface area contributed by atoms with Gasteiger partial charge in [0.1, 0.15) is 0 Å². The first-order chi connectivity index (χ1) is 9.34. The first kappa shape index (κ1) is 17.3. The Kier molecular flexibility index (Phi) is 6.36. The van der Waals surface area contributed by atoms with Crippen molar-refractivity contribution in [3.8, 4) is 0 Å². The zero-order chi connectivity index (χ0) is 15.3. The largest absolute Gasteiger partial charge is 0.399 e. The van der Waals surface area contributed by atoms with Crippen molar-refractivity contribution in [3.05, 3.63) is 23.8 Å². The number of aryl methyl sites for hydroxylation is 1. The standard InChI is InChI=1S/C14H24N2O2S2/c1-5-12-6-7-13(15)10-14(12)20(17,18)16(3)11(2)8-9-19-4/h6-7,10-11H,5,8-9,15H2,1-4H3. The summed E-state index contributed by atoms with van der Waals surface area (Å²) in [5.74, 6) is 0.943. The highest BCUT2D eigenvalue weighted by molar-refractivity contribution is 7.98. The molecule has 0 amide bonds. The number of benzene rings is 1. The Morgan fingerprint density at radius 1 is 1.40 bits per heavy atom. The Morgan fingerprint density at radius 3 is 2.60 bits per heavy atom. The van der Waals surface area contributed by atoms with Crippen LogP contribution >= 0.6 is 11.8 Å². The Balaban J connectivity index is 3.12. The van der Waals surface area contributed by atoms with E-state index >= 15 is 0 Å². The second-order valence-corrected chi connectivity index (χ2v) is 7.82. The lowest BCUT2D eigenvalue weighted by Gasteiger charge is -2.25. The third-order valence-corrected chi connectivity index (χ3v) is 6.19. The Morgan fingerprint density at radius 2 is 2.05 bits per heavy atom. The van der Waals surface area contributed by atoms with Gasteiger partial charge in [0, 0.05) is 18.8 Å². The van der Waals surface area contributed by atoms with Gasteiger partial charge in [0.2, 0.25) is 10.0 Å². The number of hydrogen-bond acceptors (Lipinski definition) is 4. The van der Waals surface area contributed by atoms with Crippen molar-refractivity contribution in [1.29, 1.82) is 0 Å². The molecular formula is C14H24N2O2S2. The van der Waals surface area contributed by atoms with Gasteiger partial charge in [-0.1, -0.05) is 13.0 Å². The first-order valence-electron chi connectivity index (χ1n) is 6.70. The third-order valence-electron chi connectivity index (χ3n) is 3.49. The average Bonchev–Trinajstić information content (AvgIpc) is 2.43. The molecule has 0 spiro atoms. The summed E-state index contributed by atoms with van der Waals surface area (Å²) in [4.78, 5) is 0.332. The van der Waals surface area contributed by atoms with Crippen LogP contribution in [0.2, 0.25) is 0 Å². The average molecular weight is 316 g/mol. The van der Waals surface area contributed by atoms with Crippen LogP contribution in [0.1, 0.15) is 25.8 Å². The van der Waals surface area contributed by atoms with Crippen LogP contribution in [0.25, 0.3) is 0 Å². The van der Waals surface area contributed by atoms with Crippen LogP contribution in [-0.4, -0.2) is 37.8 Å². The van der Waals surface area contributed by atoms with Crippen LogP contribution in [0.15, 0.2) is 23.1 Å². The van der Waals surface area contributed by atoms with E-state index in [2.05, 4.69) is 0 Å². The van der Waals surface area contributed by atoms with E-state index in [1.165, 1.54) is 4.31 Å². The van der Waals surface area contributed by atoms with Crippen molar-refractivity contribution in [2.24, 2.45) is 0 Å². The number of nitrogens with two attached hydrogens (primary N) is 1. The predicted molar refractivity (Wildman–Crippen MR) is 87.6 cm³/mol. The zero-order valence-electron chi connectivity index (χ0n) is 12.6. The quantitative estimate of drug-likeness (QED) is 0.785. The summed E-state index contributed by atoms with van der Waals surface area (Å²) in [5.41, 5.74) is 7.04.